The first-order valence-electron chi connectivity index (χ1n) is 7.59. The molecule has 5 nitrogen and oxygen atoms in total. The molecular weight excluding hydrogens is 256 g/mol. The summed E-state index contributed by atoms with van der Waals surface area (Å²) >= 11 is 0. The van der Waals surface area contributed by atoms with Crippen LogP contribution in [0.15, 0.2) is 0 Å². The summed E-state index contributed by atoms with van der Waals surface area (Å²) < 4.78 is 0. The molecule has 0 aliphatic heterocycles. The molecule has 1 aliphatic carbocycles. The van der Waals surface area contributed by atoms with Gasteiger partial charge in [0, 0.05) is 12.6 Å². The average Bonchev–Trinajstić information content (AvgIpc) is 2.33. The minimum Gasteiger partial charge on any atom is -0.481 e. The fourth-order valence-electron chi connectivity index (χ4n) is 2.45. The minimum atomic E-state index is -0.753. The number of urea groups is 1. The second kappa shape index (κ2) is 7.50. The Kier molecular flexibility index (Phi) is 6.30. The summed E-state index contributed by atoms with van der Waals surface area (Å²) in [6.45, 7) is 6.61. The van der Waals surface area contributed by atoms with Gasteiger partial charge in [-0.2, -0.15) is 0 Å². The Hall–Kier alpha value is -1.26. The molecule has 116 valence electrons. The first-order valence-corrected chi connectivity index (χ1v) is 7.59. The predicted octanol–water partition coefficient (Wildman–Crippen LogP) is 2.76. The largest absolute Gasteiger partial charge is 0.481 e. The van der Waals surface area contributed by atoms with E-state index in [4.69, 9.17) is 5.11 Å². The number of carboxylic acids is 1. The van der Waals surface area contributed by atoms with Gasteiger partial charge in [-0.25, -0.2) is 4.79 Å². The van der Waals surface area contributed by atoms with E-state index in [-0.39, 0.29) is 23.4 Å². The zero-order valence-corrected chi connectivity index (χ0v) is 12.9. The lowest BCUT2D eigenvalue weighted by Gasteiger charge is -2.38. The normalized spacial score (nSPS) is 19.6. The maximum atomic E-state index is 11.7. The van der Waals surface area contributed by atoms with Crippen molar-refractivity contribution in [3.05, 3.63) is 0 Å². The van der Waals surface area contributed by atoms with Crippen LogP contribution in [-0.2, 0) is 4.79 Å². The molecule has 0 spiro atoms. The van der Waals surface area contributed by atoms with Gasteiger partial charge in [-0.05, 0) is 38.0 Å². The highest BCUT2D eigenvalue weighted by Gasteiger charge is 2.31. The Balaban J connectivity index is 2.10. The van der Waals surface area contributed by atoms with E-state index in [9.17, 15) is 9.59 Å². The molecule has 0 aromatic rings. The number of hydrogen-bond acceptors (Lipinski definition) is 2. The van der Waals surface area contributed by atoms with Crippen LogP contribution in [-0.4, -0.2) is 29.7 Å². The van der Waals surface area contributed by atoms with Gasteiger partial charge in [0.2, 0.25) is 0 Å². The summed E-state index contributed by atoms with van der Waals surface area (Å²) in [5.74, 6) is -1.06. The molecule has 1 rings (SSSR count). The lowest BCUT2D eigenvalue weighted by molar-refractivity contribution is -0.141. The van der Waals surface area contributed by atoms with E-state index in [0.29, 0.717) is 6.42 Å². The molecule has 0 bridgehead atoms. The fourth-order valence-corrected chi connectivity index (χ4v) is 2.45. The Morgan fingerprint density at radius 3 is 2.40 bits per heavy atom. The van der Waals surface area contributed by atoms with Crippen LogP contribution >= 0.6 is 0 Å². The third kappa shape index (κ3) is 5.80. The summed E-state index contributed by atoms with van der Waals surface area (Å²) in [7, 11) is 0. The summed E-state index contributed by atoms with van der Waals surface area (Å²) in [4.78, 5) is 22.4. The molecule has 1 fully saturated rings. The molecule has 1 saturated carbocycles. The quantitative estimate of drug-likeness (QED) is 0.641. The van der Waals surface area contributed by atoms with Crippen LogP contribution in [0.4, 0.5) is 4.79 Å². The van der Waals surface area contributed by atoms with Gasteiger partial charge in [0.1, 0.15) is 0 Å². The van der Waals surface area contributed by atoms with E-state index >= 15 is 0 Å². The van der Waals surface area contributed by atoms with Crippen LogP contribution < -0.4 is 10.6 Å². The van der Waals surface area contributed by atoms with E-state index < -0.39 is 5.97 Å². The van der Waals surface area contributed by atoms with Crippen LogP contribution in [0, 0.1) is 11.3 Å². The van der Waals surface area contributed by atoms with E-state index in [0.717, 1.165) is 19.4 Å². The van der Waals surface area contributed by atoms with E-state index in [1.807, 2.05) is 6.92 Å². The van der Waals surface area contributed by atoms with Gasteiger partial charge in [0.05, 0.1) is 5.92 Å². The summed E-state index contributed by atoms with van der Waals surface area (Å²) in [6, 6.07) is -0.0397. The highest BCUT2D eigenvalue weighted by atomic mass is 16.4. The monoisotopic (exact) mass is 284 g/mol. The summed E-state index contributed by atoms with van der Waals surface area (Å²) in [5, 5.41) is 14.6. The Bertz CT molecular complexity index is 340. The van der Waals surface area contributed by atoms with Crippen molar-refractivity contribution in [2.75, 3.05) is 6.54 Å². The number of carbonyl (C=O) groups is 2. The van der Waals surface area contributed by atoms with Crippen molar-refractivity contribution in [3.63, 3.8) is 0 Å². The molecule has 0 saturated heterocycles. The maximum absolute atomic E-state index is 11.7. The van der Waals surface area contributed by atoms with E-state index in [2.05, 4.69) is 17.6 Å². The van der Waals surface area contributed by atoms with Crippen molar-refractivity contribution in [1.82, 2.24) is 10.6 Å². The smallest absolute Gasteiger partial charge is 0.315 e. The number of carboxylic acid groups (broad SMARTS) is 1. The third-order valence-corrected chi connectivity index (χ3v) is 4.31. The summed E-state index contributed by atoms with van der Waals surface area (Å²) in [5.41, 5.74) is 0.289. The molecule has 2 amide bonds. The van der Waals surface area contributed by atoms with Crippen molar-refractivity contribution < 1.29 is 14.7 Å². The number of carbonyl (C=O) groups excluding carboxylic acids is 1. The Morgan fingerprint density at radius 1 is 1.25 bits per heavy atom. The van der Waals surface area contributed by atoms with E-state index in [1.165, 1.54) is 19.3 Å². The zero-order valence-electron chi connectivity index (χ0n) is 12.9. The van der Waals surface area contributed by atoms with Gasteiger partial charge < -0.3 is 15.7 Å². The molecule has 5 heteroatoms. The van der Waals surface area contributed by atoms with Crippen molar-refractivity contribution in [2.24, 2.45) is 11.3 Å². The average molecular weight is 284 g/mol. The predicted molar refractivity (Wildman–Crippen MR) is 78.6 cm³/mol. The van der Waals surface area contributed by atoms with Crippen molar-refractivity contribution >= 4 is 12.0 Å². The number of rotatable bonds is 8. The van der Waals surface area contributed by atoms with Crippen LogP contribution in [0.25, 0.3) is 0 Å². The highest BCUT2D eigenvalue weighted by molar-refractivity contribution is 5.74. The SMILES string of the molecule is CC(CCCC(C)C(=O)O)NC(=O)NCC1(C)CCC1. The van der Waals surface area contributed by atoms with Crippen LogP contribution in [0.2, 0.25) is 0 Å². The van der Waals surface area contributed by atoms with Gasteiger partial charge in [0.15, 0.2) is 0 Å². The number of nitrogens with one attached hydrogen (secondary N) is 2. The van der Waals surface area contributed by atoms with Crippen LogP contribution in [0.5, 0.6) is 0 Å². The molecule has 0 aromatic carbocycles. The van der Waals surface area contributed by atoms with Crippen LogP contribution in [0.1, 0.15) is 59.3 Å². The summed E-state index contributed by atoms with van der Waals surface area (Å²) in [6.07, 6.45) is 5.92. The minimum absolute atomic E-state index is 0.0743. The Morgan fingerprint density at radius 2 is 1.90 bits per heavy atom. The van der Waals surface area contributed by atoms with Crippen molar-refractivity contribution in [3.8, 4) is 0 Å². The van der Waals surface area contributed by atoms with E-state index in [1.54, 1.807) is 6.92 Å². The molecule has 20 heavy (non-hydrogen) atoms. The number of amides is 2. The molecule has 0 aromatic heterocycles. The molecule has 0 radical (unpaired) electrons. The maximum Gasteiger partial charge on any atom is 0.315 e. The molecule has 1 aliphatic rings. The molecule has 3 N–H and O–H groups in total. The topological polar surface area (TPSA) is 78.4 Å². The molecule has 2 unspecified atom stereocenters. The van der Waals surface area contributed by atoms with Gasteiger partial charge >= 0.3 is 12.0 Å². The number of hydrogen-bond donors (Lipinski definition) is 3. The molecule has 0 heterocycles. The zero-order chi connectivity index (χ0) is 15.2. The lowest BCUT2D eigenvalue weighted by Crippen LogP contribution is -2.46. The first kappa shape index (κ1) is 16.8. The Labute approximate surface area is 121 Å². The van der Waals surface area contributed by atoms with Gasteiger partial charge in [0.25, 0.3) is 0 Å². The third-order valence-electron chi connectivity index (χ3n) is 4.31. The van der Waals surface area contributed by atoms with Crippen molar-refractivity contribution in [1.29, 1.82) is 0 Å². The number of aliphatic carboxylic acids is 1. The standard InChI is InChI=1S/C15H28N2O3/c1-11(13(18)19)6-4-7-12(2)17-14(20)16-10-15(3)8-5-9-15/h11-12H,4-10H2,1-3H3,(H,18,19)(H2,16,17,20). The van der Waals surface area contributed by atoms with Gasteiger partial charge in [-0.1, -0.05) is 26.7 Å². The van der Waals surface area contributed by atoms with Crippen molar-refractivity contribution in [2.45, 2.75) is 65.3 Å². The lowest BCUT2D eigenvalue weighted by atomic mass is 9.70. The highest BCUT2D eigenvalue weighted by Crippen LogP contribution is 2.39. The van der Waals surface area contributed by atoms with Gasteiger partial charge in [-0.3, -0.25) is 4.79 Å². The van der Waals surface area contributed by atoms with Gasteiger partial charge in [-0.15, -0.1) is 0 Å². The second-order valence-electron chi connectivity index (χ2n) is 6.56. The second-order valence-corrected chi connectivity index (χ2v) is 6.56. The van der Waals surface area contributed by atoms with Crippen LogP contribution in [0.3, 0.4) is 0 Å². The molecule has 2 atom stereocenters. The first-order chi connectivity index (χ1) is 9.32. The molecular formula is C15H28N2O3. The fraction of sp³-hybridized carbons (Fsp3) is 0.867.